The van der Waals surface area contributed by atoms with E-state index in [0.717, 1.165) is 6.42 Å². The first-order valence-electron chi connectivity index (χ1n) is 4.86. The molecule has 0 unspecified atom stereocenters. The Morgan fingerprint density at radius 1 is 1.67 bits per heavy atom. The van der Waals surface area contributed by atoms with Crippen molar-refractivity contribution >= 4 is 15.9 Å². The lowest BCUT2D eigenvalue weighted by Gasteiger charge is -2.25. The molecule has 3 atom stereocenters. The van der Waals surface area contributed by atoms with Crippen LogP contribution in [0.4, 0.5) is 4.39 Å². The Morgan fingerprint density at radius 2 is 2.47 bits per heavy atom. The number of halogens is 2. The fraction of sp³-hybridized carbons (Fsp3) is 0.500. The maximum atomic E-state index is 13.7. The predicted octanol–water partition coefficient (Wildman–Crippen LogP) is 2.12. The zero-order valence-electron chi connectivity index (χ0n) is 8.13. The lowest BCUT2D eigenvalue weighted by Crippen LogP contribution is -2.38. The zero-order valence-corrected chi connectivity index (χ0v) is 9.71. The molecule has 2 fully saturated rings. The molecule has 0 spiro atoms. The SMILES string of the molecule is C[C@@]1(c2nc(Br)ccc2F)NO[C@H]2C[C@H]21. The Morgan fingerprint density at radius 3 is 3.07 bits per heavy atom. The van der Waals surface area contributed by atoms with E-state index in [2.05, 4.69) is 26.4 Å². The fourth-order valence-corrected chi connectivity index (χ4v) is 2.50. The summed E-state index contributed by atoms with van der Waals surface area (Å²) in [7, 11) is 0. The quantitative estimate of drug-likeness (QED) is 0.796. The summed E-state index contributed by atoms with van der Waals surface area (Å²) in [5.41, 5.74) is 2.84. The van der Waals surface area contributed by atoms with Gasteiger partial charge in [0, 0.05) is 5.92 Å². The van der Waals surface area contributed by atoms with Crippen molar-refractivity contribution in [2.75, 3.05) is 0 Å². The van der Waals surface area contributed by atoms with E-state index in [1.165, 1.54) is 6.07 Å². The maximum Gasteiger partial charge on any atom is 0.146 e. The molecular formula is C10H10BrFN2O. The van der Waals surface area contributed by atoms with Crippen LogP contribution >= 0.6 is 15.9 Å². The Bertz CT molecular complexity index is 428. The van der Waals surface area contributed by atoms with Crippen LogP contribution in [0.2, 0.25) is 0 Å². The van der Waals surface area contributed by atoms with Crippen molar-refractivity contribution in [3.63, 3.8) is 0 Å². The van der Waals surface area contributed by atoms with Gasteiger partial charge in [-0.15, -0.1) is 0 Å². The van der Waals surface area contributed by atoms with Gasteiger partial charge in [0.05, 0.1) is 17.3 Å². The van der Waals surface area contributed by atoms with Crippen molar-refractivity contribution in [3.05, 3.63) is 28.2 Å². The minimum atomic E-state index is -0.488. The van der Waals surface area contributed by atoms with Crippen molar-refractivity contribution in [3.8, 4) is 0 Å². The lowest BCUT2D eigenvalue weighted by atomic mass is 9.92. The first-order valence-corrected chi connectivity index (χ1v) is 5.66. The van der Waals surface area contributed by atoms with Crippen LogP contribution in [0.15, 0.2) is 16.7 Å². The van der Waals surface area contributed by atoms with Crippen molar-refractivity contribution in [1.29, 1.82) is 0 Å². The summed E-state index contributed by atoms with van der Waals surface area (Å²) in [6.45, 7) is 1.93. The Hall–Kier alpha value is -0.520. The van der Waals surface area contributed by atoms with E-state index in [9.17, 15) is 4.39 Å². The van der Waals surface area contributed by atoms with Crippen LogP contribution in [0.3, 0.4) is 0 Å². The zero-order chi connectivity index (χ0) is 10.6. The third-order valence-corrected chi connectivity index (χ3v) is 3.64. The average molecular weight is 273 g/mol. The number of hydrogen-bond donors (Lipinski definition) is 1. The molecule has 0 aromatic carbocycles. The van der Waals surface area contributed by atoms with E-state index >= 15 is 0 Å². The highest BCUT2D eigenvalue weighted by molar-refractivity contribution is 9.10. The van der Waals surface area contributed by atoms with E-state index in [-0.39, 0.29) is 11.9 Å². The van der Waals surface area contributed by atoms with E-state index in [0.29, 0.717) is 16.2 Å². The minimum Gasteiger partial charge on any atom is -0.297 e. The largest absolute Gasteiger partial charge is 0.297 e. The van der Waals surface area contributed by atoms with E-state index in [1.807, 2.05) is 6.92 Å². The van der Waals surface area contributed by atoms with Crippen LogP contribution in [-0.4, -0.2) is 11.1 Å². The molecule has 1 aromatic heterocycles. The molecule has 80 valence electrons. The predicted molar refractivity (Wildman–Crippen MR) is 55.4 cm³/mol. The highest BCUT2D eigenvalue weighted by Crippen LogP contribution is 2.52. The summed E-state index contributed by atoms with van der Waals surface area (Å²) in [5.74, 6) is 0.0538. The second kappa shape index (κ2) is 2.99. The van der Waals surface area contributed by atoms with Gasteiger partial charge in [0.2, 0.25) is 0 Å². The standard InChI is InChI=1S/C10H10BrFN2O/c1-10(5-4-7(5)15-14-10)9-6(12)2-3-8(11)13-9/h2-3,5,7,14H,4H2,1H3/t5-,7+,10-/m1/s1. The smallest absolute Gasteiger partial charge is 0.146 e. The lowest BCUT2D eigenvalue weighted by molar-refractivity contribution is 0.0199. The van der Waals surface area contributed by atoms with Gasteiger partial charge in [-0.05, 0) is 41.4 Å². The molecule has 0 bridgehead atoms. The van der Waals surface area contributed by atoms with E-state index in [1.54, 1.807) is 6.07 Å². The highest BCUT2D eigenvalue weighted by atomic mass is 79.9. The molecule has 2 heterocycles. The molecule has 3 nitrogen and oxygen atoms in total. The van der Waals surface area contributed by atoms with Gasteiger partial charge in [0.1, 0.15) is 10.4 Å². The minimum absolute atomic E-state index is 0.232. The molecule has 3 rings (SSSR count). The molecule has 1 aliphatic heterocycles. The van der Waals surface area contributed by atoms with Gasteiger partial charge in [-0.2, -0.15) is 5.48 Å². The monoisotopic (exact) mass is 272 g/mol. The summed E-state index contributed by atoms with van der Waals surface area (Å²) < 4.78 is 14.3. The third-order valence-electron chi connectivity index (χ3n) is 3.20. The summed E-state index contributed by atoms with van der Waals surface area (Å²) in [5, 5.41) is 0. The van der Waals surface area contributed by atoms with Crippen LogP contribution < -0.4 is 5.48 Å². The molecule has 1 N–H and O–H groups in total. The number of pyridine rings is 1. The molecule has 1 saturated carbocycles. The van der Waals surface area contributed by atoms with Crippen molar-refractivity contribution in [1.82, 2.24) is 10.5 Å². The van der Waals surface area contributed by atoms with Gasteiger partial charge < -0.3 is 0 Å². The third kappa shape index (κ3) is 1.33. The summed E-state index contributed by atoms with van der Waals surface area (Å²) in [4.78, 5) is 9.52. The van der Waals surface area contributed by atoms with Gasteiger partial charge in [0.15, 0.2) is 0 Å². The van der Waals surface area contributed by atoms with Crippen LogP contribution in [0.1, 0.15) is 19.0 Å². The van der Waals surface area contributed by atoms with Crippen LogP contribution in [0.5, 0.6) is 0 Å². The van der Waals surface area contributed by atoms with Gasteiger partial charge in [-0.1, -0.05) is 0 Å². The maximum absolute atomic E-state index is 13.7. The summed E-state index contributed by atoms with van der Waals surface area (Å²) >= 11 is 3.25. The molecule has 2 aliphatic rings. The Kier molecular flexibility index (Phi) is 1.93. The average Bonchev–Trinajstić information content (AvgIpc) is 2.92. The molecule has 15 heavy (non-hydrogen) atoms. The van der Waals surface area contributed by atoms with Crippen molar-refractivity contribution in [2.24, 2.45) is 5.92 Å². The van der Waals surface area contributed by atoms with E-state index in [4.69, 9.17) is 4.84 Å². The second-order valence-corrected chi connectivity index (χ2v) is 5.08. The Balaban J connectivity index is 2.08. The topological polar surface area (TPSA) is 34.2 Å². The molecule has 1 aromatic rings. The fourth-order valence-electron chi connectivity index (χ4n) is 2.19. The highest BCUT2D eigenvalue weighted by Gasteiger charge is 2.59. The molecule has 0 radical (unpaired) electrons. The molecular weight excluding hydrogens is 263 g/mol. The number of nitrogens with zero attached hydrogens (tertiary/aromatic N) is 1. The molecule has 1 saturated heterocycles. The number of fused-ring (bicyclic) bond motifs is 1. The summed E-state index contributed by atoms with van der Waals surface area (Å²) in [6, 6.07) is 3.03. The normalized spacial score (nSPS) is 37.8. The number of hydroxylamine groups is 1. The molecule has 1 aliphatic carbocycles. The molecule has 0 amide bonds. The number of nitrogens with one attached hydrogen (secondary N) is 1. The number of hydrogen-bond acceptors (Lipinski definition) is 3. The van der Waals surface area contributed by atoms with Crippen molar-refractivity contribution < 1.29 is 9.23 Å². The van der Waals surface area contributed by atoms with Gasteiger partial charge in [-0.3, -0.25) is 4.84 Å². The summed E-state index contributed by atoms with van der Waals surface area (Å²) in [6.07, 6.45) is 1.21. The first-order chi connectivity index (χ1) is 7.11. The van der Waals surface area contributed by atoms with Crippen LogP contribution in [-0.2, 0) is 10.4 Å². The van der Waals surface area contributed by atoms with Crippen LogP contribution in [0, 0.1) is 11.7 Å². The van der Waals surface area contributed by atoms with Gasteiger partial charge >= 0.3 is 0 Å². The second-order valence-electron chi connectivity index (χ2n) is 4.27. The first kappa shape index (κ1) is 9.69. The van der Waals surface area contributed by atoms with Crippen LogP contribution in [0.25, 0.3) is 0 Å². The van der Waals surface area contributed by atoms with E-state index < -0.39 is 5.54 Å². The van der Waals surface area contributed by atoms with Gasteiger partial charge in [-0.25, -0.2) is 9.37 Å². The number of rotatable bonds is 1. The number of aromatic nitrogens is 1. The Labute approximate surface area is 95.1 Å². The van der Waals surface area contributed by atoms with Gasteiger partial charge in [0.25, 0.3) is 0 Å². The molecule has 5 heteroatoms. The van der Waals surface area contributed by atoms with Crippen molar-refractivity contribution in [2.45, 2.75) is 25.0 Å².